The van der Waals surface area contributed by atoms with E-state index in [0.717, 1.165) is 11.1 Å². The van der Waals surface area contributed by atoms with Crippen molar-refractivity contribution in [2.75, 3.05) is 0 Å². The zero-order chi connectivity index (χ0) is 15.3. The molecule has 0 spiro atoms. The highest BCUT2D eigenvalue weighted by atomic mass is 127. The van der Waals surface area contributed by atoms with Gasteiger partial charge in [0.1, 0.15) is 0 Å². The van der Waals surface area contributed by atoms with Gasteiger partial charge in [-0.05, 0) is 28.5 Å². The molecule has 0 saturated heterocycles. The minimum atomic E-state index is -3.62. The van der Waals surface area contributed by atoms with Crippen LogP contribution in [0.3, 0.4) is 0 Å². The van der Waals surface area contributed by atoms with Gasteiger partial charge in [-0.25, -0.2) is 12.7 Å². The summed E-state index contributed by atoms with van der Waals surface area (Å²) in [5, 5.41) is 0. The minimum Gasteiger partial charge on any atom is -0.219 e. The van der Waals surface area contributed by atoms with Crippen LogP contribution < -0.4 is 0 Å². The first-order chi connectivity index (χ1) is 10.0. The Morgan fingerprint density at radius 1 is 1.05 bits per heavy atom. The Morgan fingerprint density at radius 3 is 2.24 bits per heavy atom. The summed E-state index contributed by atoms with van der Waals surface area (Å²) in [5.41, 5.74) is 1.91. The fraction of sp³-hybridized carbons (Fsp3) is 0.125. The minimum absolute atomic E-state index is 0.229. The van der Waals surface area contributed by atoms with Crippen LogP contribution in [0.4, 0.5) is 0 Å². The van der Waals surface area contributed by atoms with Crippen LogP contribution in [0.5, 0.6) is 0 Å². The van der Waals surface area contributed by atoms with Crippen molar-refractivity contribution in [1.82, 2.24) is 4.31 Å². The summed E-state index contributed by atoms with van der Waals surface area (Å²) in [7, 11) is -3.62. The van der Waals surface area contributed by atoms with Crippen molar-refractivity contribution in [1.29, 1.82) is 0 Å². The predicted octanol–water partition coefficient (Wildman–Crippen LogP) is 3.54. The summed E-state index contributed by atoms with van der Waals surface area (Å²) in [6.07, 6.45) is 0. The van der Waals surface area contributed by atoms with Crippen LogP contribution in [0.1, 0.15) is 11.1 Å². The third-order valence-electron chi connectivity index (χ3n) is 2.94. The van der Waals surface area contributed by atoms with Gasteiger partial charge >= 0.3 is 0 Å². The summed E-state index contributed by atoms with van der Waals surface area (Å²) in [6, 6.07) is 18.9. The van der Waals surface area contributed by atoms with Crippen molar-refractivity contribution in [3.63, 3.8) is 0 Å². The van der Waals surface area contributed by atoms with Crippen molar-refractivity contribution in [2.24, 2.45) is 0 Å². The van der Waals surface area contributed by atoms with E-state index in [1.54, 1.807) is 24.3 Å². The van der Waals surface area contributed by atoms with Crippen LogP contribution >= 0.6 is 22.6 Å². The lowest BCUT2D eigenvalue weighted by atomic mass is 10.2. The molecule has 21 heavy (non-hydrogen) atoms. The summed E-state index contributed by atoms with van der Waals surface area (Å²) in [4.78, 5) is 0.253. The van der Waals surface area contributed by atoms with Gasteiger partial charge in [0.05, 0.1) is 11.4 Å². The summed E-state index contributed by atoms with van der Waals surface area (Å²) >= 11 is 1.84. The Morgan fingerprint density at radius 2 is 1.67 bits per heavy atom. The van der Waals surface area contributed by atoms with E-state index in [4.69, 9.17) is 0 Å². The van der Waals surface area contributed by atoms with Crippen molar-refractivity contribution in [3.8, 4) is 9.97 Å². The van der Waals surface area contributed by atoms with E-state index in [-0.39, 0.29) is 11.4 Å². The van der Waals surface area contributed by atoms with Gasteiger partial charge in [0, 0.05) is 28.6 Å². The van der Waals surface area contributed by atoms with Crippen LogP contribution in [0.25, 0.3) is 0 Å². The molecule has 5 heteroatoms. The van der Waals surface area contributed by atoms with E-state index < -0.39 is 10.0 Å². The van der Waals surface area contributed by atoms with Crippen molar-refractivity contribution < 1.29 is 8.42 Å². The molecule has 3 nitrogen and oxygen atoms in total. The van der Waals surface area contributed by atoms with Crippen LogP contribution in [0, 0.1) is 16.9 Å². The average Bonchev–Trinajstić information content (AvgIpc) is 2.48. The number of aryl methyl sites for hydroxylation is 1. The molecule has 2 aromatic rings. The van der Waals surface area contributed by atoms with Crippen LogP contribution in [-0.2, 0) is 16.6 Å². The molecule has 0 aromatic heterocycles. The van der Waals surface area contributed by atoms with E-state index in [1.807, 2.05) is 59.8 Å². The molecule has 0 N–H and O–H groups in total. The highest BCUT2D eigenvalue weighted by Crippen LogP contribution is 2.18. The Balaban J connectivity index is 2.36. The maximum atomic E-state index is 12.7. The molecular formula is C16H14INO2S. The molecule has 0 unspecified atom stereocenters. The number of hydrogen-bond acceptors (Lipinski definition) is 2. The fourth-order valence-corrected chi connectivity index (χ4v) is 3.49. The van der Waals surface area contributed by atoms with E-state index in [1.165, 1.54) is 4.31 Å². The van der Waals surface area contributed by atoms with Gasteiger partial charge in [-0.3, -0.25) is 0 Å². The Bertz CT molecular complexity index is 759. The number of rotatable bonds is 4. The van der Waals surface area contributed by atoms with Gasteiger partial charge in [-0.15, -0.1) is 0 Å². The van der Waals surface area contributed by atoms with Gasteiger partial charge < -0.3 is 0 Å². The van der Waals surface area contributed by atoms with Gasteiger partial charge in [0.2, 0.25) is 0 Å². The van der Waals surface area contributed by atoms with Gasteiger partial charge in [0.25, 0.3) is 10.0 Å². The third kappa shape index (κ3) is 3.99. The SMILES string of the molecule is Cc1ccc(S(=O)(=O)N(C#CI)Cc2ccccc2)cc1. The Kier molecular flexibility index (Phi) is 5.26. The second-order valence-corrected chi connectivity index (χ2v) is 6.92. The summed E-state index contributed by atoms with van der Waals surface area (Å²) in [5.74, 6) is 0. The van der Waals surface area contributed by atoms with E-state index in [9.17, 15) is 8.42 Å². The Hall–Kier alpha value is -1.52. The van der Waals surface area contributed by atoms with Crippen molar-refractivity contribution in [2.45, 2.75) is 18.4 Å². The normalized spacial score (nSPS) is 10.6. The largest absolute Gasteiger partial charge is 0.271 e. The summed E-state index contributed by atoms with van der Waals surface area (Å²) < 4.78 is 29.1. The van der Waals surface area contributed by atoms with Gasteiger partial charge in [-0.2, -0.15) is 0 Å². The molecule has 0 fully saturated rings. The molecule has 0 amide bonds. The second-order valence-electron chi connectivity index (χ2n) is 4.52. The van der Waals surface area contributed by atoms with Gasteiger partial charge in [-0.1, -0.05) is 48.0 Å². The number of hydrogen-bond donors (Lipinski definition) is 0. The maximum absolute atomic E-state index is 12.7. The van der Waals surface area contributed by atoms with E-state index in [2.05, 4.69) is 9.97 Å². The van der Waals surface area contributed by atoms with E-state index in [0.29, 0.717) is 0 Å². The molecule has 0 heterocycles. The van der Waals surface area contributed by atoms with Gasteiger partial charge in [0.15, 0.2) is 0 Å². The lowest BCUT2D eigenvalue weighted by Gasteiger charge is -2.18. The smallest absolute Gasteiger partial charge is 0.219 e. The maximum Gasteiger partial charge on any atom is 0.271 e. The summed E-state index contributed by atoms with van der Waals surface area (Å²) in [6.45, 7) is 2.15. The molecular weight excluding hydrogens is 397 g/mol. The lowest BCUT2D eigenvalue weighted by molar-refractivity contribution is 0.509. The van der Waals surface area contributed by atoms with Crippen LogP contribution in [0.2, 0.25) is 0 Å². The highest BCUT2D eigenvalue weighted by Gasteiger charge is 2.22. The molecule has 2 aromatic carbocycles. The topological polar surface area (TPSA) is 37.4 Å². The first-order valence-electron chi connectivity index (χ1n) is 6.28. The highest BCUT2D eigenvalue weighted by molar-refractivity contribution is 14.1. The lowest BCUT2D eigenvalue weighted by Crippen LogP contribution is -2.26. The molecule has 2 rings (SSSR count). The zero-order valence-electron chi connectivity index (χ0n) is 11.5. The fourth-order valence-electron chi connectivity index (χ4n) is 1.82. The molecule has 0 aliphatic rings. The Labute approximate surface area is 139 Å². The number of benzene rings is 2. The average molecular weight is 411 g/mol. The molecule has 108 valence electrons. The monoisotopic (exact) mass is 411 g/mol. The quantitative estimate of drug-likeness (QED) is 0.439. The number of halogens is 1. The predicted molar refractivity (Wildman–Crippen MR) is 92.1 cm³/mol. The standard InChI is InChI=1S/C16H14INO2S/c1-14-7-9-16(10-8-14)21(19,20)18(12-11-17)13-15-5-3-2-4-6-15/h2-10H,13H2,1H3. The molecule has 0 saturated carbocycles. The molecule has 0 aliphatic heterocycles. The second kappa shape index (κ2) is 6.96. The zero-order valence-corrected chi connectivity index (χ0v) is 14.4. The first-order valence-corrected chi connectivity index (χ1v) is 8.80. The number of sulfonamides is 1. The van der Waals surface area contributed by atoms with Crippen molar-refractivity contribution in [3.05, 3.63) is 65.7 Å². The molecule has 0 aliphatic carbocycles. The molecule has 0 bridgehead atoms. The van der Waals surface area contributed by atoms with Crippen LogP contribution in [0.15, 0.2) is 59.5 Å². The van der Waals surface area contributed by atoms with Crippen molar-refractivity contribution >= 4 is 32.6 Å². The molecule has 0 radical (unpaired) electrons. The molecule has 0 atom stereocenters. The van der Waals surface area contributed by atoms with E-state index >= 15 is 0 Å². The first kappa shape index (κ1) is 15.9. The third-order valence-corrected chi connectivity index (χ3v) is 4.85. The number of nitrogens with zero attached hydrogens (tertiary/aromatic N) is 1. The van der Waals surface area contributed by atoms with Crippen LogP contribution in [-0.4, -0.2) is 12.7 Å².